The Morgan fingerprint density at radius 3 is 2.45 bits per heavy atom. The lowest BCUT2D eigenvalue weighted by Gasteiger charge is -2.10. The number of amides is 2. The van der Waals surface area contributed by atoms with Gasteiger partial charge in [0, 0.05) is 11.9 Å². The summed E-state index contributed by atoms with van der Waals surface area (Å²) in [5.74, 6) is -0.843. The highest BCUT2D eigenvalue weighted by molar-refractivity contribution is 7.09. The third-order valence-corrected chi connectivity index (χ3v) is 4.81. The van der Waals surface area contributed by atoms with Gasteiger partial charge in [0.25, 0.3) is 11.8 Å². The van der Waals surface area contributed by atoms with Crippen molar-refractivity contribution >= 4 is 23.2 Å². The number of carbonyl (C=O) groups is 2. The van der Waals surface area contributed by atoms with Gasteiger partial charge in [-0.3, -0.25) is 9.59 Å². The van der Waals surface area contributed by atoms with Crippen LogP contribution in [-0.2, 0) is 11.3 Å². The summed E-state index contributed by atoms with van der Waals surface area (Å²) in [5.41, 5.74) is 0.308. The standard InChI is InChI=1S/C20H24F3N3O4S/c1-2-3-4-5-10-24-19(28)16-13-31-18(26-16)11-25-17(27)12-29-14-6-8-15(9-7-14)30-20(21,22)23/h6-9,13H,2-5,10-12H2,1H3,(H,24,28)(H,25,27). The van der Waals surface area contributed by atoms with Crippen LogP contribution in [0.4, 0.5) is 13.2 Å². The van der Waals surface area contributed by atoms with Crippen molar-refractivity contribution in [3.63, 3.8) is 0 Å². The molecule has 0 saturated carbocycles. The fourth-order valence-electron chi connectivity index (χ4n) is 2.45. The van der Waals surface area contributed by atoms with Gasteiger partial charge in [-0.15, -0.1) is 24.5 Å². The van der Waals surface area contributed by atoms with Crippen molar-refractivity contribution in [3.05, 3.63) is 40.3 Å². The zero-order valence-electron chi connectivity index (χ0n) is 17.0. The van der Waals surface area contributed by atoms with Crippen LogP contribution in [0.1, 0.15) is 48.1 Å². The van der Waals surface area contributed by atoms with Gasteiger partial charge in [0.2, 0.25) is 0 Å². The second kappa shape index (κ2) is 12.1. The van der Waals surface area contributed by atoms with Gasteiger partial charge >= 0.3 is 6.36 Å². The number of nitrogens with zero attached hydrogens (tertiary/aromatic N) is 1. The molecule has 0 radical (unpaired) electrons. The number of hydrogen-bond donors (Lipinski definition) is 2. The number of carbonyl (C=O) groups excluding carboxylic acids is 2. The zero-order valence-corrected chi connectivity index (χ0v) is 17.8. The molecule has 2 rings (SSSR count). The predicted molar refractivity (Wildman–Crippen MR) is 109 cm³/mol. The van der Waals surface area contributed by atoms with E-state index in [-0.39, 0.29) is 30.6 Å². The van der Waals surface area contributed by atoms with Gasteiger partial charge < -0.3 is 20.1 Å². The van der Waals surface area contributed by atoms with Gasteiger partial charge in [0.05, 0.1) is 6.54 Å². The third-order valence-electron chi connectivity index (χ3n) is 3.96. The van der Waals surface area contributed by atoms with E-state index in [1.165, 1.54) is 23.5 Å². The summed E-state index contributed by atoms with van der Waals surface area (Å²) in [5, 5.41) is 7.62. The number of unbranched alkanes of at least 4 members (excludes halogenated alkanes) is 3. The summed E-state index contributed by atoms with van der Waals surface area (Å²) in [7, 11) is 0. The molecule has 1 heterocycles. The van der Waals surface area contributed by atoms with Gasteiger partial charge in [-0.1, -0.05) is 26.2 Å². The highest BCUT2D eigenvalue weighted by atomic mass is 32.1. The Kier molecular flexibility index (Phi) is 9.57. The first-order valence-electron chi connectivity index (χ1n) is 9.74. The highest BCUT2D eigenvalue weighted by Gasteiger charge is 2.31. The smallest absolute Gasteiger partial charge is 0.484 e. The molecule has 31 heavy (non-hydrogen) atoms. The van der Waals surface area contributed by atoms with E-state index in [1.54, 1.807) is 5.38 Å². The van der Waals surface area contributed by atoms with Gasteiger partial charge in [0.15, 0.2) is 6.61 Å². The van der Waals surface area contributed by atoms with E-state index in [0.29, 0.717) is 17.2 Å². The molecule has 0 aliphatic heterocycles. The van der Waals surface area contributed by atoms with Crippen molar-refractivity contribution in [1.29, 1.82) is 0 Å². The molecule has 0 bridgehead atoms. The lowest BCUT2D eigenvalue weighted by molar-refractivity contribution is -0.274. The number of ether oxygens (including phenoxy) is 2. The molecule has 1 aromatic heterocycles. The molecular formula is C20H24F3N3O4S. The van der Waals surface area contributed by atoms with Gasteiger partial charge in [-0.05, 0) is 30.7 Å². The van der Waals surface area contributed by atoms with Crippen molar-refractivity contribution in [1.82, 2.24) is 15.6 Å². The summed E-state index contributed by atoms with van der Waals surface area (Å²) < 4.78 is 45.4. The van der Waals surface area contributed by atoms with E-state index in [1.807, 2.05) is 0 Å². The Bertz CT molecular complexity index is 841. The Morgan fingerprint density at radius 1 is 1.06 bits per heavy atom. The maximum atomic E-state index is 12.1. The fraction of sp³-hybridized carbons (Fsp3) is 0.450. The maximum Gasteiger partial charge on any atom is 0.573 e. The molecule has 2 amide bonds. The molecule has 11 heteroatoms. The summed E-state index contributed by atoms with van der Waals surface area (Å²) in [6.07, 6.45) is -0.516. The number of thiazole rings is 1. The average Bonchev–Trinajstić information content (AvgIpc) is 3.19. The number of hydrogen-bond acceptors (Lipinski definition) is 6. The Hall–Kier alpha value is -2.82. The van der Waals surface area contributed by atoms with E-state index in [2.05, 4.69) is 27.3 Å². The van der Waals surface area contributed by atoms with Crippen LogP contribution < -0.4 is 20.1 Å². The number of alkyl halides is 3. The largest absolute Gasteiger partial charge is 0.573 e. The summed E-state index contributed by atoms with van der Waals surface area (Å²) in [6.45, 7) is 2.53. The summed E-state index contributed by atoms with van der Waals surface area (Å²) >= 11 is 1.25. The van der Waals surface area contributed by atoms with Crippen LogP contribution in [-0.4, -0.2) is 36.3 Å². The molecule has 2 N–H and O–H groups in total. The normalized spacial score (nSPS) is 11.1. The van der Waals surface area contributed by atoms with E-state index in [9.17, 15) is 22.8 Å². The maximum absolute atomic E-state index is 12.1. The molecule has 7 nitrogen and oxygen atoms in total. The van der Waals surface area contributed by atoms with Gasteiger partial charge in [-0.2, -0.15) is 0 Å². The third kappa shape index (κ3) is 9.69. The van der Waals surface area contributed by atoms with Crippen LogP contribution in [0.3, 0.4) is 0 Å². The summed E-state index contributed by atoms with van der Waals surface area (Å²) in [6, 6.07) is 4.71. The van der Waals surface area contributed by atoms with Gasteiger partial charge in [-0.25, -0.2) is 4.98 Å². The monoisotopic (exact) mass is 459 g/mol. The van der Waals surface area contributed by atoms with Crippen LogP contribution in [0.25, 0.3) is 0 Å². The highest BCUT2D eigenvalue weighted by Crippen LogP contribution is 2.24. The van der Waals surface area contributed by atoms with E-state index < -0.39 is 12.3 Å². The fourth-order valence-corrected chi connectivity index (χ4v) is 3.17. The number of aromatic nitrogens is 1. The minimum Gasteiger partial charge on any atom is -0.484 e. The van der Waals surface area contributed by atoms with Crippen LogP contribution in [0, 0.1) is 0 Å². The van der Waals surface area contributed by atoms with Crippen LogP contribution in [0.15, 0.2) is 29.6 Å². The Labute approximate surface area is 182 Å². The first kappa shape index (κ1) is 24.4. The SMILES string of the molecule is CCCCCCNC(=O)c1csc(CNC(=O)COc2ccc(OC(F)(F)F)cc2)n1. The number of nitrogens with one attached hydrogen (secondary N) is 2. The van der Waals surface area contributed by atoms with Crippen molar-refractivity contribution in [2.24, 2.45) is 0 Å². The molecule has 0 unspecified atom stereocenters. The van der Waals surface area contributed by atoms with Crippen LogP contribution in [0.2, 0.25) is 0 Å². The molecule has 0 spiro atoms. The van der Waals surface area contributed by atoms with Crippen LogP contribution >= 0.6 is 11.3 Å². The van der Waals surface area contributed by atoms with Crippen molar-refractivity contribution in [2.45, 2.75) is 45.5 Å². The molecule has 0 aliphatic rings. The average molecular weight is 459 g/mol. The first-order valence-corrected chi connectivity index (χ1v) is 10.6. The second-order valence-electron chi connectivity index (χ2n) is 6.53. The molecular weight excluding hydrogens is 435 g/mol. The van der Waals surface area contributed by atoms with Crippen molar-refractivity contribution in [2.75, 3.05) is 13.2 Å². The van der Waals surface area contributed by atoms with Crippen molar-refractivity contribution < 1.29 is 32.2 Å². The molecule has 1 aromatic carbocycles. The molecule has 0 atom stereocenters. The first-order chi connectivity index (χ1) is 14.8. The van der Waals surface area contributed by atoms with Gasteiger partial charge in [0.1, 0.15) is 22.2 Å². The van der Waals surface area contributed by atoms with Crippen LogP contribution in [0.5, 0.6) is 11.5 Å². The van der Waals surface area contributed by atoms with E-state index in [0.717, 1.165) is 37.8 Å². The topological polar surface area (TPSA) is 89.6 Å². The molecule has 170 valence electrons. The minimum atomic E-state index is -4.77. The second-order valence-corrected chi connectivity index (χ2v) is 7.47. The quantitative estimate of drug-likeness (QED) is 0.468. The lowest BCUT2D eigenvalue weighted by atomic mass is 10.2. The molecule has 0 aliphatic carbocycles. The zero-order chi connectivity index (χ0) is 22.7. The molecule has 0 saturated heterocycles. The van der Waals surface area contributed by atoms with E-state index in [4.69, 9.17) is 4.74 Å². The minimum absolute atomic E-state index is 0.134. The molecule has 0 fully saturated rings. The molecule has 2 aromatic rings. The van der Waals surface area contributed by atoms with E-state index >= 15 is 0 Å². The Balaban J connectivity index is 1.69. The summed E-state index contributed by atoms with van der Waals surface area (Å²) in [4.78, 5) is 28.1. The number of benzene rings is 1. The number of rotatable bonds is 12. The Morgan fingerprint density at radius 2 is 1.77 bits per heavy atom. The predicted octanol–water partition coefficient (Wildman–Crippen LogP) is 4.05. The lowest BCUT2D eigenvalue weighted by Crippen LogP contribution is -2.28. The number of halogens is 3. The van der Waals surface area contributed by atoms with Crippen molar-refractivity contribution in [3.8, 4) is 11.5 Å².